The summed E-state index contributed by atoms with van der Waals surface area (Å²) in [5.41, 5.74) is 15.5. The van der Waals surface area contributed by atoms with Crippen LogP contribution in [0.4, 0.5) is 0 Å². The van der Waals surface area contributed by atoms with Crippen LogP contribution < -0.4 is 5.73 Å². The predicted molar refractivity (Wildman–Crippen MR) is 106 cm³/mol. The fraction of sp³-hybridized carbons (Fsp3) is 0.667. The molecule has 1 heterocycles. The Hall–Kier alpha value is -1.64. The Labute approximate surface area is 161 Å². The molecule has 2 rings (SSSR count). The van der Waals surface area contributed by atoms with E-state index in [2.05, 4.69) is 10.0 Å². The normalized spacial score (nSPS) is 17.4. The zero-order valence-corrected chi connectivity index (χ0v) is 16.4. The molecule has 1 aromatic rings. The Morgan fingerprint density at radius 2 is 2.00 bits per heavy atom. The van der Waals surface area contributed by atoms with Crippen LogP contribution in [0.2, 0.25) is 0 Å². The van der Waals surface area contributed by atoms with E-state index in [0.29, 0.717) is 38.6 Å². The number of benzene rings is 1. The molecule has 1 fully saturated rings. The van der Waals surface area contributed by atoms with Gasteiger partial charge in [-0.05, 0) is 42.7 Å². The minimum absolute atomic E-state index is 0.0194. The molecule has 9 heteroatoms. The molecule has 0 amide bonds. The van der Waals surface area contributed by atoms with Crippen LogP contribution in [0.1, 0.15) is 24.8 Å². The monoisotopic (exact) mass is 395 g/mol. The summed E-state index contributed by atoms with van der Waals surface area (Å²) < 4.78 is 31.9. The molecule has 1 saturated heterocycles. The Morgan fingerprint density at radius 1 is 1.30 bits per heavy atom. The summed E-state index contributed by atoms with van der Waals surface area (Å²) in [6.07, 6.45) is 3.14. The van der Waals surface area contributed by atoms with Crippen LogP contribution in [0.25, 0.3) is 10.4 Å². The number of hydrogen-bond donors (Lipinski definition) is 1. The molecule has 0 saturated carbocycles. The number of hydrogen-bond acceptors (Lipinski definition) is 5. The van der Waals surface area contributed by atoms with Gasteiger partial charge in [0.25, 0.3) is 0 Å². The van der Waals surface area contributed by atoms with Gasteiger partial charge in [-0.3, -0.25) is 0 Å². The molecular weight excluding hydrogens is 366 g/mol. The van der Waals surface area contributed by atoms with Crippen molar-refractivity contribution in [3.63, 3.8) is 0 Å². The van der Waals surface area contributed by atoms with Crippen molar-refractivity contribution < 1.29 is 13.2 Å². The molecule has 0 aromatic heterocycles. The quantitative estimate of drug-likeness (QED) is 0.267. The van der Waals surface area contributed by atoms with Crippen molar-refractivity contribution >= 4 is 10.0 Å². The maximum atomic E-state index is 12.4. The molecule has 1 aliphatic rings. The minimum Gasteiger partial charge on any atom is -0.379 e. The molecule has 1 atom stereocenters. The third kappa shape index (κ3) is 7.86. The van der Waals surface area contributed by atoms with Crippen LogP contribution in [0.3, 0.4) is 0 Å². The molecule has 0 spiro atoms. The number of nitrogens with two attached hydrogens (primary N) is 1. The SMILES string of the molecule is [N-]=[N+]=NCCC1CCN(S(=O)(=O)CCOCC(N)Cc2ccccc2)CC1. The molecule has 1 aliphatic heterocycles. The zero-order chi connectivity index (χ0) is 19.5. The van der Waals surface area contributed by atoms with E-state index >= 15 is 0 Å². The van der Waals surface area contributed by atoms with Gasteiger partial charge in [0.15, 0.2) is 0 Å². The van der Waals surface area contributed by atoms with E-state index in [1.165, 1.54) is 0 Å². The van der Waals surface area contributed by atoms with Gasteiger partial charge < -0.3 is 10.5 Å². The highest BCUT2D eigenvalue weighted by atomic mass is 32.2. The van der Waals surface area contributed by atoms with Crippen molar-refractivity contribution in [1.82, 2.24) is 4.31 Å². The lowest BCUT2D eigenvalue weighted by Gasteiger charge is -2.31. The molecule has 8 nitrogen and oxygen atoms in total. The molecule has 1 aromatic carbocycles. The highest BCUT2D eigenvalue weighted by Gasteiger charge is 2.27. The van der Waals surface area contributed by atoms with Crippen molar-refractivity contribution in [2.45, 2.75) is 31.7 Å². The van der Waals surface area contributed by atoms with E-state index in [9.17, 15) is 8.42 Å². The molecular formula is C18H29N5O3S. The summed E-state index contributed by atoms with van der Waals surface area (Å²) in [6, 6.07) is 9.77. The first-order valence-electron chi connectivity index (χ1n) is 9.37. The lowest BCUT2D eigenvalue weighted by atomic mass is 9.95. The minimum atomic E-state index is -3.30. The second kappa shape index (κ2) is 11.3. The fourth-order valence-corrected chi connectivity index (χ4v) is 4.62. The topological polar surface area (TPSA) is 121 Å². The lowest BCUT2D eigenvalue weighted by molar-refractivity contribution is 0.133. The summed E-state index contributed by atoms with van der Waals surface area (Å²) in [4.78, 5) is 2.75. The van der Waals surface area contributed by atoms with Crippen LogP contribution in [0.5, 0.6) is 0 Å². The highest BCUT2D eigenvalue weighted by molar-refractivity contribution is 7.89. The van der Waals surface area contributed by atoms with Crippen LogP contribution in [0, 0.1) is 5.92 Å². The smallest absolute Gasteiger partial charge is 0.216 e. The summed E-state index contributed by atoms with van der Waals surface area (Å²) in [5, 5.41) is 3.55. The average molecular weight is 396 g/mol. The maximum absolute atomic E-state index is 12.4. The largest absolute Gasteiger partial charge is 0.379 e. The molecule has 0 bridgehead atoms. The number of nitrogens with zero attached hydrogens (tertiary/aromatic N) is 4. The van der Waals surface area contributed by atoms with Crippen molar-refractivity contribution in [2.24, 2.45) is 16.8 Å². The molecule has 150 valence electrons. The summed E-state index contributed by atoms with van der Waals surface area (Å²) >= 11 is 0. The third-order valence-electron chi connectivity index (χ3n) is 4.83. The second-order valence-electron chi connectivity index (χ2n) is 6.93. The third-order valence-corrected chi connectivity index (χ3v) is 6.66. The lowest BCUT2D eigenvalue weighted by Crippen LogP contribution is -2.40. The maximum Gasteiger partial charge on any atom is 0.216 e. The Balaban J connectivity index is 1.64. The molecule has 2 N–H and O–H groups in total. The fourth-order valence-electron chi connectivity index (χ4n) is 3.26. The van der Waals surface area contributed by atoms with E-state index in [-0.39, 0.29) is 18.4 Å². The number of ether oxygens (including phenoxy) is 1. The summed E-state index contributed by atoms with van der Waals surface area (Å²) in [7, 11) is -3.30. The predicted octanol–water partition coefficient (Wildman–Crippen LogP) is 2.32. The van der Waals surface area contributed by atoms with Crippen LogP contribution in [-0.4, -0.2) is 57.4 Å². The Kier molecular flexibility index (Phi) is 9.03. The first-order valence-corrected chi connectivity index (χ1v) is 11.0. The van der Waals surface area contributed by atoms with E-state index in [1.54, 1.807) is 4.31 Å². The van der Waals surface area contributed by atoms with E-state index in [0.717, 1.165) is 24.8 Å². The second-order valence-corrected chi connectivity index (χ2v) is 9.01. The summed E-state index contributed by atoms with van der Waals surface area (Å²) in [6.45, 7) is 2.02. The molecule has 27 heavy (non-hydrogen) atoms. The molecule has 1 unspecified atom stereocenters. The number of azide groups is 1. The first-order chi connectivity index (χ1) is 13.0. The number of piperidine rings is 1. The van der Waals surface area contributed by atoms with Gasteiger partial charge in [-0.15, -0.1) is 0 Å². The van der Waals surface area contributed by atoms with E-state index in [4.69, 9.17) is 16.0 Å². The summed E-state index contributed by atoms with van der Waals surface area (Å²) in [5.74, 6) is 0.406. The van der Waals surface area contributed by atoms with Gasteiger partial charge in [-0.25, -0.2) is 12.7 Å². The highest BCUT2D eigenvalue weighted by Crippen LogP contribution is 2.22. The van der Waals surface area contributed by atoms with Crippen LogP contribution in [-0.2, 0) is 21.2 Å². The number of sulfonamides is 1. The Bertz CT molecular complexity index is 699. The van der Waals surface area contributed by atoms with Crippen LogP contribution in [0.15, 0.2) is 35.4 Å². The molecule has 0 radical (unpaired) electrons. The van der Waals surface area contributed by atoms with E-state index < -0.39 is 10.0 Å². The zero-order valence-electron chi connectivity index (χ0n) is 15.6. The standard InChI is InChI=1S/C18H29N5O3S/c19-18(14-17-4-2-1-3-5-17)15-26-12-13-27(24,25)23-10-7-16(8-11-23)6-9-21-22-20/h1-5,16,18H,6-15,19H2. The number of rotatable bonds is 11. The van der Waals surface area contributed by atoms with Gasteiger partial charge in [0, 0.05) is 30.6 Å². The van der Waals surface area contributed by atoms with Crippen LogP contribution >= 0.6 is 0 Å². The Morgan fingerprint density at radius 3 is 2.67 bits per heavy atom. The van der Waals surface area contributed by atoms with Crippen molar-refractivity contribution in [1.29, 1.82) is 0 Å². The van der Waals surface area contributed by atoms with Crippen molar-refractivity contribution in [3.8, 4) is 0 Å². The van der Waals surface area contributed by atoms with Gasteiger partial charge in [0.05, 0.1) is 19.0 Å². The van der Waals surface area contributed by atoms with E-state index in [1.807, 2.05) is 30.3 Å². The van der Waals surface area contributed by atoms with Gasteiger partial charge in [-0.2, -0.15) is 0 Å². The van der Waals surface area contributed by atoms with Crippen molar-refractivity contribution in [3.05, 3.63) is 46.3 Å². The first kappa shape index (κ1) is 21.7. The van der Waals surface area contributed by atoms with Gasteiger partial charge in [-0.1, -0.05) is 35.4 Å². The van der Waals surface area contributed by atoms with Crippen molar-refractivity contribution in [2.75, 3.05) is 38.6 Å². The van der Waals surface area contributed by atoms with Gasteiger partial charge in [0.2, 0.25) is 10.0 Å². The van der Waals surface area contributed by atoms with Gasteiger partial charge in [0.1, 0.15) is 0 Å². The molecule has 0 aliphatic carbocycles. The average Bonchev–Trinajstić information content (AvgIpc) is 2.67. The van der Waals surface area contributed by atoms with Gasteiger partial charge >= 0.3 is 0 Å².